The topological polar surface area (TPSA) is 0 Å². The van der Waals surface area contributed by atoms with Gasteiger partial charge in [0.2, 0.25) is 0 Å². The molecule has 41 heavy (non-hydrogen) atoms. The SMILES string of the molecule is CCCC1=[C]([Zr+2][C]2=C(C)C(C)=C(C)C2(C)C)CC=C1.CCCC1=[C]([Zr+2][C]2=C(C)C(C)=C(C)C2C)CC=C1.[Cl-].[Cl-].[Cl-].[Cl-]. The van der Waals surface area contributed by atoms with Gasteiger partial charge in [0.05, 0.1) is 0 Å². The maximum absolute atomic E-state index is 2.43. The molecule has 4 aliphatic rings. The molecule has 0 saturated carbocycles. The van der Waals surface area contributed by atoms with Crippen LogP contribution in [0.1, 0.15) is 115 Å². The fraction of sp³-hybridized carbons (Fsp3) is 0.543. The maximum atomic E-state index is 2.43. The van der Waals surface area contributed by atoms with Gasteiger partial charge in [-0.25, -0.2) is 0 Å². The summed E-state index contributed by atoms with van der Waals surface area (Å²) in [6, 6.07) is 0. The zero-order valence-corrected chi connectivity index (χ0v) is 35.1. The van der Waals surface area contributed by atoms with Gasteiger partial charge in [-0.15, -0.1) is 0 Å². The minimum Gasteiger partial charge on any atom is -1.00 e. The van der Waals surface area contributed by atoms with Crippen molar-refractivity contribution in [2.45, 2.75) is 115 Å². The Bertz CT molecular complexity index is 1190. The first-order valence-electron chi connectivity index (χ1n) is 14.5. The molecular formula is C35H50Cl4Zr2. The average molecular weight is 795 g/mol. The molecular weight excluding hydrogens is 745 g/mol. The molecule has 4 aliphatic carbocycles. The minimum absolute atomic E-state index is 0. The fourth-order valence-corrected chi connectivity index (χ4v) is 14.7. The van der Waals surface area contributed by atoms with E-state index in [9.17, 15) is 0 Å². The van der Waals surface area contributed by atoms with E-state index < -0.39 is 46.5 Å². The third kappa shape index (κ3) is 9.91. The van der Waals surface area contributed by atoms with Gasteiger partial charge < -0.3 is 49.6 Å². The van der Waals surface area contributed by atoms with Gasteiger partial charge >= 0.3 is 255 Å². The van der Waals surface area contributed by atoms with Crippen LogP contribution < -0.4 is 49.6 Å². The summed E-state index contributed by atoms with van der Waals surface area (Å²) in [5.41, 5.74) is 13.3. The molecule has 0 radical (unpaired) electrons. The van der Waals surface area contributed by atoms with Gasteiger partial charge in [-0.1, -0.05) is 0 Å². The van der Waals surface area contributed by atoms with Crippen molar-refractivity contribution in [2.75, 3.05) is 0 Å². The van der Waals surface area contributed by atoms with E-state index in [1.165, 1.54) is 38.5 Å². The number of allylic oxidation sites excluding steroid dienone is 16. The molecule has 0 N–H and O–H groups in total. The summed E-state index contributed by atoms with van der Waals surface area (Å²) >= 11 is -1.11. The van der Waals surface area contributed by atoms with E-state index >= 15 is 0 Å². The fourth-order valence-electron chi connectivity index (χ4n) is 6.09. The third-order valence-electron chi connectivity index (χ3n) is 9.36. The number of hydrogen-bond donors (Lipinski definition) is 0. The van der Waals surface area contributed by atoms with Crippen LogP contribution in [0.2, 0.25) is 0 Å². The van der Waals surface area contributed by atoms with E-state index in [-0.39, 0.29) is 49.6 Å². The van der Waals surface area contributed by atoms with Crippen LogP contribution in [0, 0.1) is 11.3 Å². The molecule has 0 bridgehead atoms. The Morgan fingerprint density at radius 2 is 1.15 bits per heavy atom. The van der Waals surface area contributed by atoms with Crippen molar-refractivity contribution in [1.29, 1.82) is 0 Å². The Morgan fingerprint density at radius 1 is 0.683 bits per heavy atom. The van der Waals surface area contributed by atoms with Gasteiger partial charge in [0, 0.05) is 0 Å². The Balaban J connectivity index is 0. The molecule has 226 valence electrons. The van der Waals surface area contributed by atoms with Crippen LogP contribution in [0.5, 0.6) is 0 Å². The van der Waals surface area contributed by atoms with E-state index in [2.05, 4.69) is 100 Å². The van der Waals surface area contributed by atoms with E-state index in [0.717, 1.165) is 5.92 Å². The van der Waals surface area contributed by atoms with Crippen molar-refractivity contribution < 1.29 is 96.1 Å². The zero-order chi connectivity index (χ0) is 27.5. The van der Waals surface area contributed by atoms with Gasteiger partial charge in [-0.05, 0) is 0 Å². The number of halogens is 4. The van der Waals surface area contributed by atoms with Crippen LogP contribution in [0.3, 0.4) is 0 Å². The second kappa shape index (κ2) is 19.4. The molecule has 0 spiro atoms. The minimum atomic E-state index is -0.586. The average Bonchev–Trinajstić information content (AvgIpc) is 3.58. The molecule has 0 aliphatic heterocycles. The molecule has 0 fully saturated rings. The first-order valence-corrected chi connectivity index (χ1v) is 19.5. The quantitative estimate of drug-likeness (QED) is 0.299. The number of rotatable bonds is 8. The van der Waals surface area contributed by atoms with Crippen LogP contribution in [-0.4, -0.2) is 0 Å². The molecule has 1 atom stereocenters. The first-order chi connectivity index (χ1) is 17.4. The van der Waals surface area contributed by atoms with E-state index in [1.807, 2.05) is 13.1 Å². The van der Waals surface area contributed by atoms with Crippen molar-refractivity contribution >= 4 is 0 Å². The molecule has 0 amide bonds. The smallest absolute Gasteiger partial charge is 1.00 e. The summed E-state index contributed by atoms with van der Waals surface area (Å²) in [4.78, 5) is 0. The summed E-state index contributed by atoms with van der Waals surface area (Å²) < 4.78 is 7.32. The van der Waals surface area contributed by atoms with E-state index in [0.29, 0.717) is 5.41 Å². The largest absolute Gasteiger partial charge is 1.00 e. The van der Waals surface area contributed by atoms with Crippen molar-refractivity contribution in [3.8, 4) is 0 Å². The van der Waals surface area contributed by atoms with E-state index in [4.69, 9.17) is 0 Å². The molecule has 1 unspecified atom stereocenters. The molecule has 0 nitrogen and oxygen atoms in total. The van der Waals surface area contributed by atoms with Crippen LogP contribution in [0.4, 0.5) is 0 Å². The van der Waals surface area contributed by atoms with Crippen molar-refractivity contribution in [2.24, 2.45) is 11.3 Å². The Hall–Kier alpha value is 0.846. The van der Waals surface area contributed by atoms with Crippen molar-refractivity contribution in [1.82, 2.24) is 0 Å². The predicted octanol–water partition coefficient (Wildman–Crippen LogP) is -0.908. The normalized spacial score (nSPS) is 20.4. The second-order valence-electron chi connectivity index (χ2n) is 11.9. The van der Waals surface area contributed by atoms with Crippen LogP contribution in [-0.2, 0) is 46.5 Å². The third-order valence-corrected chi connectivity index (χ3v) is 19.1. The Kier molecular flexibility index (Phi) is 20.8. The number of hydrogen-bond acceptors (Lipinski definition) is 0. The van der Waals surface area contributed by atoms with Gasteiger partial charge in [-0.2, -0.15) is 0 Å². The molecule has 4 rings (SSSR count). The maximum Gasteiger partial charge on any atom is -1.00 e. The van der Waals surface area contributed by atoms with Gasteiger partial charge in [-0.3, -0.25) is 0 Å². The molecule has 6 heteroatoms. The first kappa shape index (κ1) is 44.0. The molecule has 0 aromatic rings. The predicted molar refractivity (Wildman–Crippen MR) is 156 cm³/mol. The summed E-state index contributed by atoms with van der Waals surface area (Å²) in [5, 5.41) is 0. The molecule has 0 aromatic carbocycles. The van der Waals surface area contributed by atoms with Gasteiger partial charge in [0.15, 0.2) is 0 Å². The van der Waals surface area contributed by atoms with Crippen LogP contribution in [0.15, 0.2) is 82.0 Å². The summed E-state index contributed by atoms with van der Waals surface area (Å²) in [5.74, 6) is 0.729. The van der Waals surface area contributed by atoms with Gasteiger partial charge in [0.1, 0.15) is 0 Å². The second-order valence-corrected chi connectivity index (χ2v) is 18.7. The zero-order valence-electron chi connectivity index (χ0n) is 27.1. The molecule has 0 heterocycles. The molecule has 0 aromatic heterocycles. The van der Waals surface area contributed by atoms with Crippen LogP contribution >= 0.6 is 0 Å². The summed E-state index contributed by atoms with van der Waals surface area (Å²) in [6.45, 7) is 25.8. The summed E-state index contributed by atoms with van der Waals surface area (Å²) in [6.07, 6.45) is 17.2. The van der Waals surface area contributed by atoms with Crippen molar-refractivity contribution in [3.63, 3.8) is 0 Å². The molecule has 0 saturated heterocycles. The Morgan fingerprint density at radius 3 is 1.51 bits per heavy atom. The van der Waals surface area contributed by atoms with Crippen LogP contribution in [0.25, 0.3) is 0 Å². The van der Waals surface area contributed by atoms with Crippen molar-refractivity contribution in [3.05, 3.63) is 82.0 Å². The standard InChI is InChI=1S/C10H15.C9H13.2C8H11.4ClH.2Zr/c1-7-6-10(4,5)9(3)8(7)2;1-6-5-7(2)9(4)8(6)3;2*1-2-5-8-6-3-4-7-8;;;;;;/h1-5H3;6H,1-4H3;2*3,6H,2,4-5H2,1H3;4*1H;;/q;;;;;;;;2*+2/p-4. The monoisotopic (exact) mass is 790 g/mol. The summed E-state index contributed by atoms with van der Waals surface area (Å²) in [7, 11) is 0. The van der Waals surface area contributed by atoms with E-state index in [1.54, 1.807) is 44.6 Å². The van der Waals surface area contributed by atoms with Gasteiger partial charge in [0.25, 0.3) is 0 Å². The Labute approximate surface area is 301 Å².